The molecule has 90 valence electrons. The van der Waals surface area contributed by atoms with E-state index >= 15 is 0 Å². The maximum absolute atomic E-state index is 5.41. The molecule has 0 saturated carbocycles. The molecule has 4 nitrogen and oxygen atoms in total. The van der Waals surface area contributed by atoms with E-state index in [0.29, 0.717) is 0 Å². The Morgan fingerprint density at radius 3 is 3.06 bits per heavy atom. The van der Waals surface area contributed by atoms with E-state index in [1.807, 2.05) is 0 Å². The standard InChI is InChI=1S/C13H17N3O/c1-16-5-4-14-13(16)15-7-10-2-3-11-8-17-9-12(11)6-10/h2-3,6H,4-5,7-9H2,1H3,(H,14,15). The van der Waals surface area contributed by atoms with E-state index in [1.54, 1.807) is 0 Å². The van der Waals surface area contributed by atoms with Crippen molar-refractivity contribution in [1.29, 1.82) is 0 Å². The minimum Gasteiger partial charge on any atom is -0.372 e. The molecule has 4 heteroatoms. The molecule has 17 heavy (non-hydrogen) atoms. The van der Waals surface area contributed by atoms with Crippen LogP contribution in [-0.4, -0.2) is 31.0 Å². The van der Waals surface area contributed by atoms with Crippen molar-refractivity contribution >= 4 is 5.96 Å². The van der Waals surface area contributed by atoms with Crippen molar-refractivity contribution in [3.05, 3.63) is 34.9 Å². The average molecular weight is 231 g/mol. The molecule has 0 radical (unpaired) electrons. The zero-order chi connectivity index (χ0) is 11.7. The number of likely N-dealkylation sites (N-methyl/N-ethyl adjacent to an activating group) is 1. The highest BCUT2D eigenvalue weighted by atomic mass is 16.5. The molecular formula is C13H17N3O. The van der Waals surface area contributed by atoms with Crippen LogP contribution in [0.15, 0.2) is 23.2 Å². The lowest BCUT2D eigenvalue weighted by Crippen LogP contribution is -2.35. The van der Waals surface area contributed by atoms with E-state index in [1.165, 1.54) is 16.7 Å². The highest BCUT2D eigenvalue weighted by Crippen LogP contribution is 2.20. The monoisotopic (exact) mass is 231 g/mol. The lowest BCUT2D eigenvalue weighted by molar-refractivity contribution is 0.134. The number of hydrogen-bond donors (Lipinski definition) is 1. The van der Waals surface area contributed by atoms with Gasteiger partial charge in [0.2, 0.25) is 0 Å². The average Bonchev–Trinajstić information content (AvgIpc) is 2.94. The summed E-state index contributed by atoms with van der Waals surface area (Å²) in [4.78, 5) is 6.56. The lowest BCUT2D eigenvalue weighted by atomic mass is 10.1. The van der Waals surface area contributed by atoms with Crippen molar-refractivity contribution in [3.8, 4) is 0 Å². The van der Waals surface area contributed by atoms with Gasteiger partial charge in [0.05, 0.1) is 19.8 Å². The van der Waals surface area contributed by atoms with Crippen molar-refractivity contribution in [1.82, 2.24) is 10.2 Å². The summed E-state index contributed by atoms with van der Waals surface area (Å²) in [6.07, 6.45) is 0. The zero-order valence-electron chi connectivity index (χ0n) is 10.1. The normalized spacial score (nSPS) is 18.2. The Morgan fingerprint density at radius 2 is 2.24 bits per heavy atom. The van der Waals surface area contributed by atoms with Crippen molar-refractivity contribution in [2.24, 2.45) is 4.99 Å². The summed E-state index contributed by atoms with van der Waals surface area (Å²) in [6, 6.07) is 6.56. The first kappa shape index (κ1) is 10.6. The summed E-state index contributed by atoms with van der Waals surface area (Å²) in [5, 5.41) is 3.37. The maximum Gasteiger partial charge on any atom is 0.194 e. The van der Waals surface area contributed by atoms with Crippen LogP contribution in [0.4, 0.5) is 0 Å². The van der Waals surface area contributed by atoms with Crippen LogP contribution in [0, 0.1) is 0 Å². The summed E-state index contributed by atoms with van der Waals surface area (Å²) >= 11 is 0. The van der Waals surface area contributed by atoms with Crippen LogP contribution in [0.1, 0.15) is 16.7 Å². The van der Waals surface area contributed by atoms with Gasteiger partial charge in [-0.05, 0) is 16.7 Å². The second-order valence-electron chi connectivity index (χ2n) is 4.58. The van der Waals surface area contributed by atoms with E-state index in [9.17, 15) is 0 Å². The van der Waals surface area contributed by atoms with Gasteiger partial charge in [-0.2, -0.15) is 0 Å². The van der Waals surface area contributed by atoms with Gasteiger partial charge in [0.1, 0.15) is 0 Å². The third-order valence-corrected chi connectivity index (χ3v) is 3.29. The van der Waals surface area contributed by atoms with Gasteiger partial charge in [-0.1, -0.05) is 18.2 Å². The second-order valence-corrected chi connectivity index (χ2v) is 4.58. The van der Waals surface area contributed by atoms with Gasteiger partial charge >= 0.3 is 0 Å². The number of benzene rings is 1. The number of guanidine groups is 1. The number of hydrogen-bond acceptors (Lipinski definition) is 4. The van der Waals surface area contributed by atoms with Crippen molar-refractivity contribution in [2.75, 3.05) is 20.1 Å². The Labute approximate surface area is 101 Å². The molecule has 1 aromatic rings. The van der Waals surface area contributed by atoms with E-state index in [4.69, 9.17) is 4.74 Å². The Bertz CT molecular complexity index is 456. The fourth-order valence-electron chi connectivity index (χ4n) is 2.24. The minimum absolute atomic E-state index is 0.754. The van der Waals surface area contributed by atoms with Crippen LogP contribution < -0.4 is 5.32 Å². The molecule has 2 heterocycles. The fraction of sp³-hybridized carbons (Fsp3) is 0.462. The largest absolute Gasteiger partial charge is 0.372 e. The van der Waals surface area contributed by atoms with Gasteiger partial charge in [-0.15, -0.1) is 0 Å². The predicted molar refractivity (Wildman–Crippen MR) is 66.7 cm³/mol. The van der Waals surface area contributed by atoms with Crippen molar-refractivity contribution in [3.63, 3.8) is 0 Å². The number of ether oxygens (including phenoxy) is 1. The number of fused-ring (bicyclic) bond motifs is 1. The van der Waals surface area contributed by atoms with Crippen LogP contribution in [0.2, 0.25) is 0 Å². The van der Waals surface area contributed by atoms with Crippen LogP contribution in [0.5, 0.6) is 0 Å². The molecule has 0 aromatic heterocycles. The van der Waals surface area contributed by atoms with E-state index in [-0.39, 0.29) is 0 Å². The Hall–Kier alpha value is -1.55. The molecule has 0 aliphatic carbocycles. The van der Waals surface area contributed by atoms with Gasteiger partial charge in [0.15, 0.2) is 5.96 Å². The highest BCUT2D eigenvalue weighted by molar-refractivity contribution is 5.81. The number of nitrogens with zero attached hydrogens (tertiary/aromatic N) is 2. The first-order valence-corrected chi connectivity index (χ1v) is 6.01. The third kappa shape index (κ3) is 2.13. The Morgan fingerprint density at radius 1 is 1.35 bits per heavy atom. The summed E-state index contributed by atoms with van der Waals surface area (Å²) in [6.45, 7) is 4.26. The number of nitrogens with one attached hydrogen (secondary N) is 1. The maximum atomic E-state index is 5.41. The molecule has 0 fully saturated rings. The molecular weight excluding hydrogens is 214 g/mol. The van der Waals surface area contributed by atoms with Crippen molar-refractivity contribution < 1.29 is 4.74 Å². The topological polar surface area (TPSA) is 36.9 Å². The Balaban J connectivity index is 1.65. The van der Waals surface area contributed by atoms with Crippen LogP contribution >= 0.6 is 0 Å². The minimum atomic E-state index is 0.754. The summed E-state index contributed by atoms with van der Waals surface area (Å²) in [7, 11) is 2.06. The van der Waals surface area contributed by atoms with E-state index < -0.39 is 0 Å². The molecule has 0 bridgehead atoms. The van der Waals surface area contributed by atoms with Gasteiger partial charge in [-0.25, -0.2) is 0 Å². The molecule has 2 aliphatic rings. The van der Waals surface area contributed by atoms with Crippen LogP contribution in [0.3, 0.4) is 0 Å². The summed E-state index contributed by atoms with van der Waals surface area (Å²) in [5.74, 6) is 1.00. The lowest BCUT2D eigenvalue weighted by Gasteiger charge is -2.15. The fourth-order valence-corrected chi connectivity index (χ4v) is 2.24. The molecule has 0 spiro atoms. The van der Waals surface area contributed by atoms with Crippen molar-refractivity contribution in [2.45, 2.75) is 19.8 Å². The summed E-state index contributed by atoms with van der Waals surface area (Å²) < 4.78 is 5.41. The summed E-state index contributed by atoms with van der Waals surface area (Å²) in [5.41, 5.74) is 3.94. The SMILES string of the molecule is CN1CCN=C1NCc1ccc2c(c1)COC2. The quantitative estimate of drug-likeness (QED) is 0.828. The van der Waals surface area contributed by atoms with Crippen LogP contribution in [-0.2, 0) is 24.5 Å². The van der Waals surface area contributed by atoms with E-state index in [2.05, 4.69) is 40.5 Å². The van der Waals surface area contributed by atoms with Gasteiger partial charge < -0.3 is 15.0 Å². The smallest absolute Gasteiger partial charge is 0.194 e. The molecule has 0 amide bonds. The number of rotatable bonds is 2. The molecule has 2 aliphatic heterocycles. The molecule has 3 rings (SSSR count). The molecule has 1 N–H and O–H groups in total. The Kier molecular flexibility index (Phi) is 2.73. The highest BCUT2D eigenvalue weighted by Gasteiger charge is 2.13. The first-order valence-electron chi connectivity index (χ1n) is 6.01. The third-order valence-electron chi connectivity index (χ3n) is 3.29. The van der Waals surface area contributed by atoms with Gasteiger partial charge in [0.25, 0.3) is 0 Å². The molecule has 0 atom stereocenters. The van der Waals surface area contributed by atoms with Crippen LogP contribution in [0.25, 0.3) is 0 Å². The molecule has 1 aromatic carbocycles. The number of aliphatic imine (C=N–C) groups is 1. The predicted octanol–water partition coefficient (Wildman–Crippen LogP) is 1.11. The van der Waals surface area contributed by atoms with Gasteiger partial charge in [-0.3, -0.25) is 4.99 Å². The molecule has 0 unspecified atom stereocenters. The van der Waals surface area contributed by atoms with Gasteiger partial charge in [0, 0.05) is 20.1 Å². The molecule has 0 saturated heterocycles. The van der Waals surface area contributed by atoms with E-state index in [0.717, 1.165) is 38.8 Å². The second kappa shape index (κ2) is 4.37. The zero-order valence-corrected chi connectivity index (χ0v) is 10.1. The first-order chi connectivity index (χ1) is 8.33.